The molecule has 0 aromatic heterocycles. The van der Waals surface area contributed by atoms with E-state index in [-0.39, 0.29) is 5.54 Å². The Morgan fingerprint density at radius 3 is 2.26 bits per heavy atom. The number of nitrogens with one attached hydrogen (secondary N) is 1. The standard InChI is InChI=1S/C16H33N3/c1-7-15(5)19(8-2)12-10-9-11-16(6,13-17)18-14(3)4/h14-15,18H,7-12H2,1-6H3. The predicted molar refractivity (Wildman–Crippen MR) is 83.1 cm³/mol. The van der Waals surface area contributed by atoms with Crippen molar-refractivity contribution in [2.75, 3.05) is 13.1 Å². The number of hydrogen-bond acceptors (Lipinski definition) is 3. The highest BCUT2D eigenvalue weighted by Gasteiger charge is 2.23. The van der Waals surface area contributed by atoms with Crippen LogP contribution in [0.5, 0.6) is 0 Å². The van der Waals surface area contributed by atoms with E-state index in [9.17, 15) is 5.26 Å². The minimum Gasteiger partial charge on any atom is -0.301 e. The Balaban J connectivity index is 4.04. The summed E-state index contributed by atoms with van der Waals surface area (Å²) >= 11 is 0. The van der Waals surface area contributed by atoms with Gasteiger partial charge < -0.3 is 4.90 Å². The molecule has 0 saturated carbocycles. The van der Waals surface area contributed by atoms with Gasteiger partial charge in [-0.05, 0) is 66.5 Å². The van der Waals surface area contributed by atoms with Crippen molar-refractivity contribution in [2.45, 2.75) is 84.8 Å². The van der Waals surface area contributed by atoms with Gasteiger partial charge >= 0.3 is 0 Å². The van der Waals surface area contributed by atoms with Crippen LogP contribution in [0, 0.1) is 11.3 Å². The van der Waals surface area contributed by atoms with E-state index < -0.39 is 0 Å². The molecule has 0 aliphatic carbocycles. The molecule has 0 fully saturated rings. The summed E-state index contributed by atoms with van der Waals surface area (Å²) in [7, 11) is 0. The Morgan fingerprint density at radius 1 is 1.21 bits per heavy atom. The van der Waals surface area contributed by atoms with Crippen LogP contribution in [0.15, 0.2) is 0 Å². The van der Waals surface area contributed by atoms with Gasteiger partial charge in [-0.25, -0.2) is 0 Å². The van der Waals surface area contributed by atoms with Crippen molar-refractivity contribution in [2.24, 2.45) is 0 Å². The van der Waals surface area contributed by atoms with Crippen LogP contribution in [0.2, 0.25) is 0 Å². The zero-order valence-corrected chi connectivity index (χ0v) is 13.8. The minimum absolute atomic E-state index is 0.358. The number of nitriles is 1. The first-order valence-corrected chi connectivity index (χ1v) is 7.81. The molecule has 0 amide bonds. The average Bonchev–Trinajstić information content (AvgIpc) is 2.37. The first kappa shape index (κ1) is 18.4. The summed E-state index contributed by atoms with van der Waals surface area (Å²) < 4.78 is 0. The Hall–Kier alpha value is -0.590. The Labute approximate surface area is 120 Å². The summed E-state index contributed by atoms with van der Waals surface area (Å²) in [6.07, 6.45) is 4.42. The summed E-state index contributed by atoms with van der Waals surface area (Å²) in [5.74, 6) is 0. The molecule has 0 aliphatic rings. The summed E-state index contributed by atoms with van der Waals surface area (Å²) in [4.78, 5) is 2.53. The lowest BCUT2D eigenvalue weighted by Crippen LogP contribution is -2.45. The number of unbranched alkanes of at least 4 members (excludes halogenated alkanes) is 1. The van der Waals surface area contributed by atoms with Crippen molar-refractivity contribution >= 4 is 0 Å². The molecule has 0 rings (SSSR count). The molecule has 19 heavy (non-hydrogen) atoms. The first-order chi connectivity index (χ1) is 8.88. The molecule has 0 radical (unpaired) electrons. The largest absolute Gasteiger partial charge is 0.301 e. The van der Waals surface area contributed by atoms with Crippen LogP contribution in [0.3, 0.4) is 0 Å². The van der Waals surface area contributed by atoms with Gasteiger partial charge in [0.25, 0.3) is 0 Å². The molecule has 112 valence electrons. The van der Waals surface area contributed by atoms with Gasteiger partial charge in [0.1, 0.15) is 5.54 Å². The van der Waals surface area contributed by atoms with Crippen molar-refractivity contribution in [1.82, 2.24) is 10.2 Å². The molecular weight excluding hydrogens is 234 g/mol. The lowest BCUT2D eigenvalue weighted by molar-refractivity contribution is 0.207. The van der Waals surface area contributed by atoms with Crippen LogP contribution in [-0.4, -0.2) is 35.6 Å². The maximum Gasteiger partial charge on any atom is 0.104 e. The van der Waals surface area contributed by atoms with Crippen LogP contribution in [0.4, 0.5) is 0 Å². The monoisotopic (exact) mass is 267 g/mol. The second-order valence-corrected chi connectivity index (χ2v) is 6.09. The van der Waals surface area contributed by atoms with Gasteiger partial charge in [0.2, 0.25) is 0 Å². The Bertz CT molecular complexity index is 270. The number of rotatable bonds is 10. The van der Waals surface area contributed by atoms with Gasteiger partial charge in [-0.15, -0.1) is 0 Å². The molecule has 0 aliphatic heterocycles. The topological polar surface area (TPSA) is 39.1 Å². The number of nitrogens with zero attached hydrogens (tertiary/aromatic N) is 2. The van der Waals surface area contributed by atoms with Crippen molar-refractivity contribution in [1.29, 1.82) is 5.26 Å². The zero-order chi connectivity index (χ0) is 14.9. The van der Waals surface area contributed by atoms with Crippen LogP contribution in [-0.2, 0) is 0 Å². The van der Waals surface area contributed by atoms with Gasteiger partial charge in [-0.3, -0.25) is 5.32 Å². The molecular formula is C16H33N3. The van der Waals surface area contributed by atoms with Crippen LogP contribution >= 0.6 is 0 Å². The van der Waals surface area contributed by atoms with Gasteiger partial charge in [-0.1, -0.05) is 13.8 Å². The smallest absolute Gasteiger partial charge is 0.104 e. The lowest BCUT2D eigenvalue weighted by atomic mass is 9.95. The van der Waals surface area contributed by atoms with Gasteiger partial charge in [0.15, 0.2) is 0 Å². The maximum absolute atomic E-state index is 9.29. The van der Waals surface area contributed by atoms with E-state index >= 15 is 0 Å². The second-order valence-electron chi connectivity index (χ2n) is 6.09. The van der Waals surface area contributed by atoms with Crippen LogP contribution in [0.25, 0.3) is 0 Å². The SMILES string of the molecule is CCC(C)N(CC)CCCCC(C)(C#N)NC(C)C. The fourth-order valence-electron chi connectivity index (χ4n) is 2.54. The van der Waals surface area contributed by atoms with E-state index in [0.29, 0.717) is 12.1 Å². The van der Waals surface area contributed by atoms with Gasteiger partial charge in [0.05, 0.1) is 6.07 Å². The zero-order valence-electron chi connectivity index (χ0n) is 13.8. The Morgan fingerprint density at radius 2 is 1.84 bits per heavy atom. The van der Waals surface area contributed by atoms with Gasteiger partial charge in [-0.2, -0.15) is 5.26 Å². The summed E-state index contributed by atoms with van der Waals surface area (Å²) in [5.41, 5.74) is -0.373. The molecule has 0 aromatic rings. The van der Waals surface area contributed by atoms with E-state index in [4.69, 9.17) is 0 Å². The molecule has 0 heterocycles. The fourth-order valence-corrected chi connectivity index (χ4v) is 2.54. The normalized spacial score (nSPS) is 16.4. The van der Waals surface area contributed by atoms with E-state index in [1.165, 1.54) is 12.8 Å². The van der Waals surface area contributed by atoms with Gasteiger partial charge in [0, 0.05) is 12.1 Å². The molecule has 0 spiro atoms. The molecule has 0 bridgehead atoms. The van der Waals surface area contributed by atoms with Crippen molar-refractivity contribution in [3.8, 4) is 6.07 Å². The molecule has 1 N–H and O–H groups in total. The maximum atomic E-state index is 9.29. The van der Waals surface area contributed by atoms with Crippen LogP contribution < -0.4 is 5.32 Å². The molecule has 3 nitrogen and oxygen atoms in total. The van der Waals surface area contributed by atoms with Crippen molar-refractivity contribution < 1.29 is 0 Å². The third-order valence-electron chi connectivity index (χ3n) is 3.85. The second kappa shape index (κ2) is 9.34. The van der Waals surface area contributed by atoms with Crippen molar-refractivity contribution in [3.63, 3.8) is 0 Å². The van der Waals surface area contributed by atoms with Crippen molar-refractivity contribution in [3.05, 3.63) is 0 Å². The summed E-state index contributed by atoms with van der Waals surface area (Å²) in [6, 6.07) is 3.45. The number of hydrogen-bond donors (Lipinski definition) is 1. The quantitative estimate of drug-likeness (QED) is 0.615. The highest BCUT2D eigenvalue weighted by atomic mass is 15.1. The molecule has 2 atom stereocenters. The fraction of sp³-hybridized carbons (Fsp3) is 0.938. The first-order valence-electron chi connectivity index (χ1n) is 7.81. The molecule has 2 unspecified atom stereocenters. The van der Waals surface area contributed by atoms with E-state index in [0.717, 1.165) is 25.9 Å². The molecule has 0 aromatic carbocycles. The molecule has 3 heteroatoms. The van der Waals surface area contributed by atoms with E-state index in [1.807, 2.05) is 6.92 Å². The minimum atomic E-state index is -0.373. The third kappa shape index (κ3) is 7.54. The molecule has 0 saturated heterocycles. The summed E-state index contributed by atoms with van der Waals surface area (Å²) in [6.45, 7) is 15.2. The highest BCUT2D eigenvalue weighted by Crippen LogP contribution is 2.15. The third-order valence-corrected chi connectivity index (χ3v) is 3.85. The lowest BCUT2D eigenvalue weighted by Gasteiger charge is -2.28. The van der Waals surface area contributed by atoms with Crippen LogP contribution in [0.1, 0.15) is 67.2 Å². The predicted octanol–water partition coefficient (Wildman–Crippen LogP) is 3.56. The summed E-state index contributed by atoms with van der Waals surface area (Å²) in [5, 5.41) is 12.7. The van der Waals surface area contributed by atoms with E-state index in [1.54, 1.807) is 0 Å². The average molecular weight is 267 g/mol. The highest BCUT2D eigenvalue weighted by molar-refractivity contribution is 5.04. The van der Waals surface area contributed by atoms with E-state index in [2.05, 4.69) is 50.9 Å². The Kier molecular flexibility index (Phi) is 9.05.